The summed E-state index contributed by atoms with van der Waals surface area (Å²) < 4.78 is 12.8. The molecule has 1 aliphatic rings. The first-order valence-corrected chi connectivity index (χ1v) is 10.8. The van der Waals surface area contributed by atoms with Crippen LogP contribution in [0.4, 0.5) is 5.69 Å². The van der Waals surface area contributed by atoms with Crippen molar-refractivity contribution in [2.24, 2.45) is 0 Å². The molecular formula is C23H25N3O3S. The second-order valence-electron chi connectivity index (χ2n) is 7.01. The van der Waals surface area contributed by atoms with Gasteiger partial charge in [0.25, 0.3) is 0 Å². The Hall–Kier alpha value is -3.06. The summed E-state index contributed by atoms with van der Waals surface area (Å²) in [4.78, 5) is 13.3. The van der Waals surface area contributed by atoms with E-state index in [1.165, 1.54) is 0 Å². The van der Waals surface area contributed by atoms with E-state index in [9.17, 15) is 4.79 Å². The molecule has 3 aromatic rings. The highest BCUT2D eigenvalue weighted by molar-refractivity contribution is 8.00. The van der Waals surface area contributed by atoms with Crippen molar-refractivity contribution in [3.63, 3.8) is 0 Å². The van der Waals surface area contributed by atoms with Crippen LogP contribution in [0.15, 0.2) is 65.7 Å². The molecule has 0 saturated heterocycles. The molecule has 2 aromatic carbocycles. The van der Waals surface area contributed by atoms with E-state index >= 15 is 0 Å². The van der Waals surface area contributed by atoms with Crippen LogP contribution in [-0.4, -0.2) is 29.5 Å². The fourth-order valence-electron chi connectivity index (χ4n) is 3.46. The fourth-order valence-corrected chi connectivity index (χ4v) is 4.69. The molecule has 30 heavy (non-hydrogen) atoms. The molecule has 0 aliphatic carbocycles. The average molecular weight is 424 g/mol. The van der Waals surface area contributed by atoms with Gasteiger partial charge in [0, 0.05) is 11.4 Å². The van der Waals surface area contributed by atoms with Gasteiger partial charge in [-0.2, -0.15) is 0 Å². The number of aromatic nitrogens is 1. The molecule has 0 fully saturated rings. The summed E-state index contributed by atoms with van der Waals surface area (Å²) in [6.45, 7) is 4.60. The third kappa shape index (κ3) is 4.11. The fraction of sp³-hybridized carbons (Fsp3) is 0.261. The number of aryl methyl sites for hydroxylation is 1. The Labute approximate surface area is 180 Å². The monoisotopic (exact) mass is 423 g/mol. The number of nitrogens with one attached hydrogen (secondary N) is 2. The van der Waals surface area contributed by atoms with Gasteiger partial charge in [0.05, 0.1) is 24.8 Å². The predicted molar refractivity (Wildman–Crippen MR) is 120 cm³/mol. The number of hydrogen-bond donors (Lipinski definition) is 2. The lowest BCUT2D eigenvalue weighted by atomic mass is 10.0. The molecule has 156 valence electrons. The number of anilines is 1. The van der Waals surface area contributed by atoms with Crippen molar-refractivity contribution in [3.8, 4) is 11.5 Å². The maximum atomic E-state index is 13.3. The number of hydrogen-bond acceptors (Lipinski definition) is 5. The Morgan fingerprint density at radius 3 is 2.43 bits per heavy atom. The SMILES string of the molecule is CCOc1ccc(NC(=O)C2Sc3ccc(C)n3NC2c2ccc(OC)cc2)cc1. The summed E-state index contributed by atoms with van der Waals surface area (Å²) in [5.41, 5.74) is 6.38. The molecule has 7 heteroatoms. The van der Waals surface area contributed by atoms with E-state index in [4.69, 9.17) is 9.47 Å². The van der Waals surface area contributed by atoms with E-state index in [1.54, 1.807) is 18.9 Å². The first-order chi connectivity index (χ1) is 14.6. The van der Waals surface area contributed by atoms with Crippen LogP contribution in [0, 0.1) is 6.92 Å². The second kappa shape index (κ2) is 8.75. The number of benzene rings is 2. The van der Waals surface area contributed by atoms with Gasteiger partial charge in [-0.3, -0.25) is 9.47 Å². The van der Waals surface area contributed by atoms with E-state index in [2.05, 4.69) is 10.7 Å². The maximum absolute atomic E-state index is 13.3. The molecular weight excluding hydrogens is 398 g/mol. The summed E-state index contributed by atoms with van der Waals surface area (Å²) in [6, 6.07) is 19.2. The van der Waals surface area contributed by atoms with Gasteiger partial charge in [0.15, 0.2) is 0 Å². The first-order valence-electron chi connectivity index (χ1n) is 9.88. The normalized spacial score (nSPS) is 17.6. The van der Waals surface area contributed by atoms with Gasteiger partial charge in [-0.15, -0.1) is 0 Å². The highest BCUT2D eigenvalue weighted by Gasteiger charge is 2.36. The van der Waals surface area contributed by atoms with Gasteiger partial charge >= 0.3 is 0 Å². The molecule has 2 heterocycles. The van der Waals surface area contributed by atoms with E-state index in [0.717, 1.165) is 33.5 Å². The van der Waals surface area contributed by atoms with Gasteiger partial charge in [-0.05, 0) is 67.9 Å². The molecule has 4 rings (SSSR count). The van der Waals surface area contributed by atoms with Crippen molar-refractivity contribution in [3.05, 3.63) is 71.9 Å². The van der Waals surface area contributed by atoms with Crippen LogP contribution in [0.1, 0.15) is 24.2 Å². The van der Waals surface area contributed by atoms with E-state index in [0.29, 0.717) is 6.61 Å². The topological polar surface area (TPSA) is 64.5 Å². The summed E-state index contributed by atoms with van der Waals surface area (Å²) in [7, 11) is 1.65. The Balaban J connectivity index is 1.59. The minimum Gasteiger partial charge on any atom is -0.497 e. The van der Waals surface area contributed by atoms with E-state index < -0.39 is 0 Å². The number of nitrogens with zero attached hydrogens (tertiary/aromatic N) is 1. The van der Waals surface area contributed by atoms with Crippen LogP contribution < -0.4 is 20.2 Å². The highest BCUT2D eigenvalue weighted by atomic mass is 32.2. The van der Waals surface area contributed by atoms with E-state index in [-0.39, 0.29) is 17.2 Å². The molecule has 0 saturated carbocycles. The van der Waals surface area contributed by atoms with Crippen LogP contribution in [0.25, 0.3) is 0 Å². The molecule has 6 nitrogen and oxygen atoms in total. The Bertz CT molecular complexity index is 1020. The van der Waals surface area contributed by atoms with Crippen LogP contribution >= 0.6 is 11.8 Å². The molecule has 1 amide bonds. The number of ether oxygens (including phenoxy) is 2. The molecule has 2 atom stereocenters. The standard InChI is InChI=1S/C23H25N3O3S/c1-4-29-19-12-8-17(9-13-19)24-23(27)22-21(16-6-10-18(28-3)11-7-16)25-26-15(2)5-14-20(26)30-22/h5-14,21-22,25H,4H2,1-3H3,(H,24,27). The van der Waals surface area contributed by atoms with Crippen LogP contribution in [0.5, 0.6) is 11.5 Å². The Morgan fingerprint density at radius 1 is 1.07 bits per heavy atom. The average Bonchev–Trinajstić information content (AvgIpc) is 3.14. The molecule has 1 aromatic heterocycles. The number of amides is 1. The van der Waals surface area contributed by atoms with Crippen molar-refractivity contribution in [1.82, 2.24) is 4.68 Å². The first kappa shape index (κ1) is 20.2. The lowest BCUT2D eigenvalue weighted by Gasteiger charge is -2.34. The summed E-state index contributed by atoms with van der Waals surface area (Å²) in [5, 5.41) is 3.73. The van der Waals surface area contributed by atoms with Gasteiger partial charge in [-0.25, -0.2) is 0 Å². The molecule has 1 aliphatic heterocycles. The summed E-state index contributed by atoms with van der Waals surface area (Å²) >= 11 is 1.56. The van der Waals surface area contributed by atoms with E-state index in [1.807, 2.05) is 79.2 Å². The van der Waals surface area contributed by atoms with Crippen LogP contribution in [0.2, 0.25) is 0 Å². The van der Waals surface area contributed by atoms with Crippen molar-refractivity contribution in [1.29, 1.82) is 0 Å². The third-order valence-electron chi connectivity index (χ3n) is 5.03. The van der Waals surface area contributed by atoms with Gasteiger partial charge in [0.1, 0.15) is 16.7 Å². The zero-order valence-electron chi connectivity index (χ0n) is 17.2. The molecule has 2 N–H and O–H groups in total. The molecule has 0 bridgehead atoms. The zero-order valence-corrected chi connectivity index (χ0v) is 18.0. The summed E-state index contributed by atoms with van der Waals surface area (Å²) in [6.07, 6.45) is 0. The number of fused-ring (bicyclic) bond motifs is 1. The van der Waals surface area contributed by atoms with Crippen molar-refractivity contribution in [2.75, 3.05) is 24.5 Å². The van der Waals surface area contributed by atoms with Gasteiger partial charge < -0.3 is 20.2 Å². The predicted octanol–water partition coefficient (Wildman–Crippen LogP) is 4.60. The van der Waals surface area contributed by atoms with Crippen LogP contribution in [-0.2, 0) is 4.79 Å². The van der Waals surface area contributed by atoms with Gasteiger partial charge in [0.2, 0.25) is 5.91 Å². The molecule has 0 spiro atoms. The molecule has 2 unspecified atom stereocenters. The number of carbonyl (C=O) groups excluding carboxylic acids is 1. The van der Waals surface area contributed by atoms with Crippen molar-refractivity contribution in [2.45, 2.75) is 30.2 Å². The third-order valence-corrected chi connectivity index (χ3v) is 6.33. The van der Waals surface area contributed by atoms with Crippen LogP contribution in [0.3, 0.4) is 0 Å². The van der Waals surface area contributed by atoms with Crippen molar-refractivity contribution < 1.29 is 14.3 Å². The minimum atomic E-state index is -0.341. The zero-order chi connectivity index (χ0) is 21.1. The maximum Gasteiger partial charge on any atom is 0.240 e. The largest absolute Gasteiger partial charge is 0.497 e. The lowest BCUT2D eigenvalue weighted by Crippen LogP contribution is -2.41. The number of methoxy groups -OCH3 is 1. The number of rotatable bonds is 6. The minimum absolute atomic E-state index is 0.0532. The molecule has 0 radical (unpaired) electrons. The quantitative estimate of drug-likeness (QED) is 0.607. The Kier molecular flexibility index (Phi) is 5.90. The number of carbonyl (C=O) groups is 1. The highest BCUT2D eigenvalue weighted by Crippen LogP contribution is 2.39. The van der Waals surface area contributed by atoms with Crippen molar-refractivity contribution >= 4 is 23.4 Å². The number of thioether (sulfide) groups is 1. The lowest BCUT2D eigenvalue weighted by molar-refractivity contribution is -0.116. The smallest absolute Gasteiger partial charge is 0.240 e. The Morgan fingerprint density at radius 2 is 1.77 bits per heavy atom. The summed E-state index contributed by atoms with van der Waals surface area (Å²) in [5.74, 6) is 1.52. The second-order valence-corrected chi connectivity index (χ2v) is 8.18. The van der Waals surface area contributed by atoms with Gasteiger partial charge in [-0.1, -0.05) is 23.9 Å².